The van der Waals surface area contributed by atoms with Crippen LogP contribution in [-0.4, -0.2) is 52.6 Å². The lowest BCUT2D eigenvalue weighted by Gasteiger charge is -2.21. The van der Waals surface area contributed by atoms with Gasteiger partial charge in [-0.05, 0) is 32.3 Å². The summed E-state index contributed by atoms with van der Waals surface area (Å²) in [6, 6.07) is 1.36. The van der Waals surface area contributed by atoms with Gasteiger partial charge in [0.25, 0.3) is 0 Å². The number of pyridine rings is 2. The van der Waals surface area contributed by atoms with Crippen LogP contribution >= 0.6 is 11.6 Å². The van der Waals surface area contributed by atoms with E-state index in [0.717, 1.165) is 36.1 Å². The van der Waals surface area contributed by atoms with Crippen LogP contribution in [0.3, 0.4) is 0 Å². The first-order valence-corrected chi connectivity index (χ1v) is 12.9. The molecule has 1 saturated heterocycles. The molecule has 4 rings (SSSR count). The summed E-state index contributed by atoms with van der Waals surface area (Å²) >= 11 is 6.56. The van der Waals surface area contributed by atoms with Crippen molar-refractivity contribution >= 4 is 45.9 Å². The fourth-order valence-electron chi connectivity index (χ4n) is 4.50. The molecule has 0 saturated carbocycles. The number of nitrogens with one attached hydrogen (secondary N) is 1. The lowest BCUT2D eigenvalue weighted by atomic mass is 10.1. The van der Waals surface area contributed by atoms with Crippen LogP contribution < -0.4 is 16.5 Å². The van der Waals surface area contributed by atoms with Crippen molar-refractivity contribution in [1.82, 2.24) is 14.5 Å². The fraction of sp³-hybridized carbons (Fsp3) is 0.385. The van der Waals surface area contributed by atoms with Gasteiger partial charge in [0.05, 0.1) is 28.2 Å². The third-order valence-corrected chi connectivity index (χ3v) is 6.79. The summed E-state index contributed by atoms with van der Waals surface area (Å²) in [7, 11) is 0. The van der Waals surface area contributed by atoms with Crippen LogP contribution in [0.5, 0.6) is 0 Å². The number of carbonyl (C=O) groups is 2. The summed E-state index contributed by atoms with van der Waals surface area (Å²) in [6.07, 6.45) is 4.71. The Morgan fingerprint density at radius 2 is 1.92 bits per heavy atom. The number of hydrogen-bond donors (Lipinski definition) is 2. The Morgan fingerprint density at radius 1 is 1.15 bits per heavy atom. The summed E-state index contributed by atoms with van der Waals surface area (Å²) < 4.78 is 49.8. The predicted molar refractivity (Wildman–Crippen MR) is 141 cm³/mol. The number of esters is 1. The minimum Gasteiger partial charge on any atom is -0.462 e. The molecule has 0 bridgehead atoms. The number of fused-ring (bicyclic) bond motifs is 1. The number of aromatic nitrogens is 2. The molecule has 39 heavy (non-hydrogen) atoms. The molecule has 1 aliphatic heterocycles. The van der Waals surface area contributed by atoms with E-state index in [9.17, 15) is 23.2 Å². The van der Waals surface area contributed by atoms with E-state index in [0.29, 0.717) is 32.0 Å². The quantitative estimate of drug-likeness (QED) is 0.306. The largest absolute Gasteiger partial charge is 0.462 e. The van der Waals surface area contributed by atoms with Crippen molar-refractivity contribution in [3.05, 3.63) is 56.6 Å². The molecule has 3 aromatic rings. The van der Waals surface area contributed by atoms with Crippen molar-refractivity contribution in [2.24, 2.45) is 0 Å². The van der Waals surface area contributed by atoms with Crippen molar-refractivity contribution in [1.29, 1.82) is 0 Å². The molecule has 1 aliphatic rings. The van der Waals surface area contributed by atoms with Gasteiger partial charge in [-0.2, -0.15) is 0 Å². The smallest absolute Gasteiger partial charge is 0.343 e. The maximum atomic E-state index is 15.2. The van der Waals surface area contributed by atoms with Gasteiger partial charge in [0.15, 0.2) is 23.3 Å². The first-order chi connectivity index (χ1) is 18.6. The minimum atomic E-state index is -1.17. The highest BCUT2D eigenvalue weighted by molar-refractivity contribution is 6.38. The van der Waals surface area contributed by atoms with Crippen molar-refractivity contribution in [2.75, 3.05) is 37.3 Å². The van der Waals surface area contributed by atoms with Crippen LogP contribution in [0.15, 0.2) is 23.1 Å². The van der Waals surface area contributed by atoms with Crippen molar-refractivity contribution in [2.45, 2.75) is 39.0 Å². The molecule has 0 atom stereocenters. The van der Waals surface area contributed by atoms with E-state index in [1.54, 1.807) is 4.90 Å². The van der Waals surface area contributed by atoms with Crippen LogP contribution in [0.1, 0.15) is 49.4 Å². The lowest BCUT2D eigenvalue weighted by molar-refractivity contribution is -0.130. The highest BCUT2D eigenvalue weighted by Crippen LogP contribution is 2.35. The average molecular weight is 566 g/mol. The maximum Gasteiger partial charge on any atom is 0.343 e. The second kappa shape index (κ2) is 11.9. The van der Waals surface area contributed by atoms with Crippen LogP contribution in [0.25, 0.3) is 16.7 Å². The number of anilines is 2. The Balaban J connectivity index is 1.77. The molecule has 0 radical (unpaired) electrons. The fourth-order valence-corrected chi connectivity index (χ4v) is 4.85. The average Bonchev–Trinajstić information content (AvgIpc) is 3.10. The van der Waals surface area contributed by atoms with Crippen LogP contribution in [0.4, 0.5) is 24.7 Å². The number of carbonyl (C=O) groups excluding carboxylic acids is 2. The highest BCUT2D eigenvalue weighted by atomic mass is 35.5. The topological polar surface area (TPSA) is 120 Å². The van der Waals surface area contributed by atoms with Gasteiger partial charge in [-0.25, -0.2) is 22.9 Å². The Bertz CT molecular complexity index is 1500. The van der Waals surface area contributed by atoms with Crippen molar-refractivity contribution < 1.29 is 27.5 Å². The van der Waals surface area contributed by atoms with E-state index >= 15 is 4.39 Å². The second-order valence-electron chi connectivity index (χ2n) is 9.04. The summed E-state index contributed by atoms with van der Waals surface area (Å²) in [5.41, 5.74) is 3.75. The molecule has 1 amide bonds. The van der Waals surface area contributed by atoms with Gasteiger partial charge in [-0.15, -0.1) is 0 Å². The summed E-state index contributed by atoms with van der Waals surface area (Å²) in [5, 5.41) is 2.23. The van der Waals surface area contributed by atoms with Gasteiger partial charge in [-0.3, -0.25) is 14.2 Å². The highest BCUT2D eigenvalue weighted by Gasteiger charge is 2.25. The molecule has 0 spiro atoms. The first kappa shape index (κ1) is 28.2. The van der Waals surface area contributed by atoms with Crippen molar-refractivity contribution in [3.63, 3.8) is 0 Å². The summed E-state index contributed by atoms with van der Waals surface area (Å²) in [6.45, 7) is 2.83. The zero-order chi connectivity index (χ0) is 28.3. The molecule has 3 heterocycles. The van der Waals surface area contributed by atoms with Gasteiger partial charge < -0.3 is 20.7 Å². The second-order valence-corrected chi connectivity index (χ2v) is 9.42. The standard InChI is InChI=1S/C26H27ClF3N5O4/c1-2-39-26(38)15-13-35(25-18(30)12-17(29)24(31)33-25)22-14(23(15)37)11-16(28)21(20(22)27)32-8-6-10-34-9-5-3-4-7-19(34)36/h11-13,32H,2-10H2,1H3,(H2,31,33). The van der Waals surface area contributed by atoms with E-state index in [4.69, 9.17) is 22.1 Å². The van der Waals surface area contributed by atoms with Gasteiger partial charge >= 0.3 is 5.97 Å². The Kier molecular flexibility index (Phi) is 8.63. The number of amides is 1. The molecule has 2 aromatic heterocycles. The van der Waals surface area contributed by atoms with E-state index in [1.807, 2.05) is 0 Å². The number of nitrogen functional groups attached to an aromatic ring is 1. The first-order valence-electron chi connectivity index (χ1n) is 12.5. The lowest BCUT2D eigenvalue weighted by Crippen LogP contribution is -2.32. The summed E-state index contributed by atoms with van der Waals surface area (Å²) in [4.78, 5) is 43.4. The minimum absolute atomic E-state index is 0.0621. The SMILES string of the molecule is CCOC(=O)c1cn(-c2nc(N)c(F)cc2F)c2c(Cl)c(NCCCN3CCCCCC3=O)c(F)cc2c1=O. The molecule has 1 fully saturated rings. The van der Waals surface area contributed by atoms with Crippen LogP contribution in [0.2, 0.25) is 5.02 Å². The number of hydrogen-bond acceptors (Lipinski definition) is 7. The Morgan fingerprint density at radius 3 is 2.67 bits per heavy atom. The molecule has 0 unspecified atom stereocenters. The van der Waals surface area contributed by atoms with Crippen LogP contribution in [0, 0.1) is 17.5 Å². The van der Waals surface area contributed by atoms with E-state index in [2.05, 4.69) is 10.3 Å². The van der Waals surface area contributed by atoms with Gasteiger partial charge in [-0.1, -0.05) is 18.0 Å². The number of halogens is 4. The summed E-state index contributed by atoms with van der Waals surface area (Å²) in [5.74, 6) is -5.34. The molecule has 208 valence electrons. The van der Waals surface area contributed by atoms with Crippen LogP contribution in [-0.2, 0) is 9.53 Å². The van der Waals surface area contributed by atoms with Gasteiger partial charge in [0.2, 0.25) is 11.3 Å². The third-order valence-electron chi connectivity index (χ3n) is 6.42. The van der Waals surface area contributed by atoms with E-state index in [1.165, 1.54) is 6.92 Å². The molecule has 1 aromatic carbocycles. The van der Waals surface area contributed by atoms with Crippen molar-refractivity contribution in [3.8, 4) is 5.82 Å². The Labute approximate surface area is 226 Å². The number of nitrogens with zero attached hydrogens (tertiary/aromatic N) is 3. The van der Waals surface area contributed by atoms with E-state index in [-0.39, 0.29) is 40.7 Å². The number of rotatable bonds is 8. The van der Waals surface area contributed by atoms with E-state index < -0.39 is 46.0 Å². The molecular weight excluding hydrogens is 539 g/mol. The number of benzene rings is 1. The van der Waals surface area contributed by atoms with Gasteiger partial charge in [0, 0.05) is 38.3 Å². The zero-order valence-corrected chi connectivity index (χ0v) is 21.9. The maximum absolute atomic E-state index is 15.2. The molecule has 9 nitrogen and oxygen atoms in total. The molecular formula is C26H27ClF3N5O4. The predicted octanol–water partition coefficient (Wildman–Crippen LogP) is 4.42. The normalized spacial score (nSPS) is 14.0. The number of nitrogens with two attached hydrogens (primary N) is 1. The monoisotopic (exact) mass is 565 g/mol. The molecule has 13 heteroatoms. The molecule has 3 N–H and O–H groups in total. The number of ether oxygens (including phenoxy) is 1. The Hall–Kier alpha value is -3.80. The number of likely N-dealkylation sites (tertiary alicyclic amines) is 1. The third kappa shape index (κ3) is 5.80. The van der Waals surface area contributed by atoms with Gasteiger partial charge in [0.1, 0.15) is 11.4 Å². The molecule has 0 aliphatic carbocycles. The zero-order valence-electron chi connectivity index (χ0n) is 21.2.